The van der Waals surface area contributed by atoms with Crippen LogP contribution in [0, 0.1) is 0 Å². The van der Waals surface area contributed by atoms with Crippen molar-refractivity contribution in [2.24, 2.45) is 0 Å². The van der Waals surface area contributed by atoms with Crippen molar-refractivity contribution in [2.45, 2.75) is 32.7 Å². The van der Waals surface area contributed by atoms with Gasteiger partial charge in [-0.05, 0) is 44.5 Å². The Bertz CT molecular complexity index is 346. The molecule has 0 aliphatic rings. The second kappa shape index (κ2) is 7.96. The van der Waals surface area contributed by atoms with Crippen molar-refractivity contribution in [1.29, 1.82) is 0 Å². The first-order valence-electron chi connectivity index (χ1n) is 5.94. The highest BCUT2D eigenvalue weighted by atomic mass is 79.9. The van der Waals surface area contributed by atoms with E-state index in [0.29, 0.717) is 17.7 Å². The molecule has 1 rings (SSSR count). The van der Waals surface area contributed by atoms with Crippen LogP contribution < -0.4 is 10.1 Å². The second-order valence-corrected chi connectivity index (χ2v) is 5.36. The van der Waals surface area contributed by atoms with Crippen LogP contribution in [0.3, 0.4) is 0 Å². The van der Waals surface area contributed by atoms with Crippen molar-refractivity contribution in [3.8, 4) is 5.75 Å². The van der Waals surface area contributed by atoms with Gasteiger partial charge >= 0.3 is 0 Å². The van der Waals surface area contributed by atoms with Gasteiger partial charge in [0.25, 0.3) is 0 Å². The maximum absolute atomic E-state index is 6.04. The summed E-state index contributed by atoms with van der Waals surface area (Å²) in [5.74, 6) is 0.749. The lowest BCUT2D eigenvalue weighted by Crippen LogP contribution is -2.27. The van der Waals surface area contributed by atoms with E-state index in [1.165, 1.54) is 0 Å². The van der Waals surface area contributed by atoms with Gasteiger partial charge < -0.3 is 10.1 Å². The highest BCUT2D eigenvalue weighted by Crippen LogP contribution is 2.27. The van der Waals surface area contributed by atoms with Crippen LogP contribution in [0.2, 0.25) is 5.02 Å². The van der Waals surface area contributed by atoms with E-state index < -0.39 is 0 Å². The molecule has 1 atom stereocenters. The van der Waals surface area contributed by atoms with E-state index in [4.69, 9.17) is 16.3 Å². The fourth-order valence-corrected chi connectivity index (χ4v) is 2.07. The molecule has 4 heteroatoms. The fraction of sp³-hybridized carbons (Fsp3) is 0.538. The molecule has 1 aromatic carbocycles. The lowest BCUT2D eigenvalue weighted by atomic mass is 10.2. The summed E-state index contributed by atoms with van der Waals surface area (Å²) >= 11 is 9.41. The number of hydrogen-bond acceptors (Lipinski definition) is 2. The van der Waals surface area contributed by atoms with Crippen molar-refractivity contribution in [3.63, 3.8) is 0 Å². The average molecular weight is 321 g/mol. The zero-order valence-electron chi connectivity index (χ0n) is 10.3. The van der Waals surface area contributed by atoms with Gasteiger partial charge in [-0.15, -0.1) is 0 Å². The number of hydrogen-bond donors (Lipinski definition) is 1. The molecular weight excluding hydrogens is 302 g/mol. The third kappa shape index (κ3) is 5.75. The van der Waals surface area contributed by atoms with E-state index in [9.17, 15) is 0 Å². The highest BCUT2D eigenvalue weighted by Gasteiger charge is 2.02. The van der Waals surface area contributed by atoms with Crippen LogP contribution in [0.5, 0.6) is 5.75 Å². The summed E-state index contributed by atoms with van der Waals surface area (Å²) in [7, 11) is 0. The van der Waals surface area contributed by atoms with E-state index in [1.807, 2.05) is 18.2 Å². The monoisotopic (exact) mass is 319 g/mol. The topological polar surface area (TPSA) is 21.3 Å². The summed E-state index contributed by atoms with van der Waals surface area (Å²) < 4.78 is 6.58. The summed E-state index contributed by atoms with van der Waals surface area (Å²) in [6.07, 6.45) is 2.14. The molecule has 2 nitrogen and oxygen atoms in total. The van der Waals surface area contributed by atoms with Crippen LogP contribution in [-0.2, 0) is 0 Å². The van der Waals surface area contributed by atoms with Gasteiger partial charge in [-0.25, -0.2) is 0 Å². The van der Waals surface area contributed by atoms with E-state index >= 15 is 0 Å². The number of ether oxygens (including phenoxy) is 1. The lowest BCUT2D eigenvalue weighted by Gasteiger charge is -2.12. The Morgan fingerprint density at radius 2 is 2.24 bits per heavy atom. The molecule has 0 radical (unpaired) electrons. The number of rotatable bonds is 7. The zero-order valence-corrected chi connectivity index (χ0v) is 12.6. The van der Waals surface area contributed by atoms with Gasteiger partial charge in [-0.1, -0.05) is 34.5 Å². The summed E-state index contributed by atoms with van der Waals surface area (Å²) in [6.45, 7) is 6.02. The molecular formula is C13H19BrClNO. The van der Waals surface area contributed by atoms with Crippen molar-refractivity contribution >= 4 is 27.5 Å². The van der Waals surface area contributed by atoms with Crippen LogP contribution in [0.1, 0.15) is 26.7 Å². The van der Waals surface area contributed by atoms with Gasteiger partial charge in [0, 0.05) is 10.5 Å². The van der Waals surface area contributed by atoms with E-state index in [-0.39, 0.29) is 0 Å². The number of halogens is 2. The van der Waals surface area contributed by atoms with Crippen LogP contribution in [0.15, 0.2) is 22.7 Å². The standard InChI is InChI=1S/C13H19BrClNO/c1-3-10(2)16-7-4-8-17-13-6-5-11(14)9-12(13)15/h5-6,9-10,16H,3-4,7-8H2,1-2H3/t10-/m0/s1. The van der Waals surface area contributed by atoms with Crippen molar-refractivity contribution in [2.75, 3.05) is 13.2 Å². The molecule has 0 unspecified atom stereocenters. The molecule has 0 spiro atoms. The van der Waals surface area contributed by atoms with Gasteiger partial charge in [0.2, 0.25) is 0 Å². The van der Waals surface area contributed by atoms with Crippen molar-refractivity contribution in [1.82, 2.24) is 5.32 Å². The van der Waals surface area contributed by atoms with Gasteiger partial charge in [-0.2, -0.15) is 0 Å². The van der Waals surface area contributed by atoms with E-state index in [2.05, 4.69) is 35.1 Å². The Balaban J connectivity index is 2.22. The van der Waals surface area contributed by atoms with Crippen LogP contribution >= 0.6 is 27.5 Å². The highest BCUT2D eigenvalue weighted by molar-refractivity contribution is 9.10. The Kier molecular flexibility index (Phi) is 6.93. The molecule has 0 aromatic heterocycles. The minimum atomic E-state index is 0.575. The predicted molar refractivity (Wildman–Crippen MR) is 77.0 cm³/mol. The summed E-state index contributed by atoms with van der Waals surface area (Å²) in [5.41, 5.74) is 0. The lowest BCUT2D eigenvalue weighted by molar-refractivity contribution is 0.305. The largest absolute Gasteiger partial charge is 0.492 e. The first-order valence-corrected chi connectivity index (χ1v) is 7.11. The van der Waals surface area contributed by atoms with Crippen LogP contribution in [0.4, 0.5) is 0 Å². The molecule has 1 aromatic rings. The molecule has 0 saturated heterocycles. The molecule has 96 valence electrons. The molecule has 1 N–H and O–H groups in total. The Morgan fingerprint density at radius 1 is 1.47 bits per heavy atom. The van der Waals surface area contributed by atoms with Crippen molar-refractivity contribution in [3.05, 3.63) is 27.7 Å². The summed E-state index contributed by atoms with van der Waals surface area (Å²) in [6, 6.07) is 6.23. The predicted octanol–water partition coefficient (Wildman–Crippen LogP) is 4.26. The molecule has 17 heavy (non-hydrogen) atoms. The van der Waals surface area contributed by atoms with Gasteiger partial charge in [0.1, 0.15) is 5.75 Å². The van der Waals surface area contributed by atoms with Gasteiger partial charge in [0.15, 0.2) is 0 Å². The first kappa shape index (κ1) is 14.8. The molecule has 0 saturated carbocycles. The fourth-order valence-electron chi connectivity index (χ4n) is 1.34. The first-order chi connectivity index (χ1) is 8.13. The molecule has 0 bridgehead atoms. The van der Waals surface area contributed by atoms with E-state index in [0.717, 1.165) is 29.6 Å². The quantitative estimate of drug-likeness (QED) is 0.758. The SMILES string of the molecule is CC[C@H](C)NCCCOc1ccc(Br)cc1Cl. The smallest absolute Gasteiger partial charge is 0.137 e. The van der Waals surface area contributed by atoms with Gasteiger partial charge in [-0.3, -0.25) is 0 Å². The summed E-state index contributed by atoms with van der Waals surface area (Å²) in [4.78, 5) is 0. The van der Waals surface area contributed by atoms with Crippen LogP contribution in [0.25, 0.3) is 0 Å². The Hall–Kier alpha value is -0.250. The van der Waals surface area contributed by atoms with E-state index in [1.54, 1.807) is 0 Å². The molecule has 0 aliphatic heterocycles. The zero-order chi connectivity index (χ0) is 12.7. The molecule has 0 fully saturated rings. The molecule has 0 aliphatic carbocycles. The number of benzene rings is 1. The summed E-state index contributed by atoms with van der Waals surface area (Å²) in [5, 5.41) is 4.07. The Labute approximate surface area is 117 Å². The molecule has 0 amide bonds. The minimum Gasteiger partial charge on any atom is -0.492 e. The van der Waals surface area contributed by atoms with Crippen molar-refractivity contribution < 1.29 is 4.74 Å². The number of nitrogens with one attached hydrogen (secondary N) is 1. The van der Waals surface area contributed by atoms with Crippen LogP contribution in [-0.4, -0.2) is 19.2 Å². The minimum absolute atomic E-state index is 0.575. The molecule has 0 heterocycles. The third-order valence-electron chi connectivity index (χ3n) is 2.58. The third-order valence-corrected chi connectivity index (χ3v) is 3.37. The Morgan fingerprint density at radius 3 is 2.88 bits per heavy atom. The average Bonchev–Trinajstić information content (AvgIpc) is 2.30. The maximum Gasteiger partial charge on any atom is 0.137 e. The van der Waals surface area contributed by atoms with Gasteiger partial charge in [0.05, 0.1) is 11.6 Å². The normalized spacial score (nSPS) is 12.5. The maximum atomic E-state index is 6.04. The second-order valence-electron chi connectivity index (χ2n) is 4.04.